The fourth-order valence-electron chi connectivity index (χ4n) is 2.29. The molecule has 0 bridgehead atoms. The van der Waals surface area contributed by atoms with Gasteiger partial charge in [0.25, 0.3) is 0 Å². The van der Waals surface area contributed by atoms with Gasteiger partial charge in [-0.3, -0.25) is 4.79 Å². The van der Waals surface area contributed by atoms with E-state index in [0.717, 1.165) is 17.5 Å². The van der Waals surface area contributed by atoms with Gasteiger partial charge in [-0.05, 0) is 24.0 Å². The van der Waals surface area contributed by atoms with Crippen molar-refractivity contribution >= 4 is 11.8 Å². The van der Waals surface area contributed by atoms with E-state index >= 15 is 0 Å². The van der Waals surface area contributed by atoms with Crippen molar-refractivity contribution in [3.8, 4) is 0 Å². The SMILES string of the molecule is COC1CCC(OC(=O)C(C)=O)c2ccccc21. The van der Waals surface area contributed by atoms with Crippen LogP contribution in [0.5, 0.6) is 0 Å². The van der Waals surface area contributed by atoms with Crippen molar-refractivity contribution in [2.45, 2.75) is 32.0 Å². The molecular weight excluding hydrogens is 232 g/mol. The van der Waals surface area contributed by atoms with Gasteiger partial charge in [-0.15, -0.1) is 0 Å². The number of methoxy groups -OCH3 is 1. The van der Waals surface area contributed by atoms with Crippen LogP contribution in [0.3, 0.4) is 0 Å². The highest BCUT2D eigenvalue weighted by Crippen LogP contribution is 2.39. The molecular formula is C14H16O4. The van der Waals surface area contributed by atoms with Crippen molar-refractivity contribution in [3.05, 3.63) is 35.4 Å². The van der Waals surface area contributed by atoms with Gasteiger partial charge in [0, 0.05) is 14.0 Å². The number of Topliss-reactive ketones (excluding diaryl/α,β-unsaturated/α-hetero) is 1. The molecule has 0 spiro atoms. The number of ether oxygens (including phenoxy) is 2. The van der Waals surface area contributed by atoms with Crippen molar-refractivity contribution in [3.63, 3.8) is 0 Å². The van der Waals surface area contributed by atoms with Gasteiger partial charge in [0.1, 0.15) is 6.10 Å². The smallest absolute Gasteiger partial charge is 0.374 e. The van der Waals surface area contributed by atoms with Crippen LogP contribution in [0.4, 0.5) is 0 Å². The highest BCUT2D eigenvalue weighted by Gasteiger charge is 2.29. The zero-order valence-electron chi connectivity index (χ0n) is 10.5. The zero-order chi connectivity index (χ0) is 13.1. The summed E-state index contributed by atoms with van der Waals surface area (Å²) < 4.78 is 10.6. The lowest BCUT2D eigenvalue weighted by molar-refractivity contribution is -0.158. The van der Waals surface area contributed by atoms with Crippen LogP contribution in [0.15, 0.2) is 24.3 Å². The molecule has 18 heavy (non-hydrogen) atoms. The first-order chi connectivity index (χ1) is 8.63. The lowest BCUT2D eigenvalue weighted by atomic mass is 9.87. The van der Waals surface area contributed by atoms with Crippen LogP contribution in [0, 0.1) is 0 Å². The quantitative estimate of drug-likeness (QED) is 0.608. The van der Waals surface area contributed by atoms with Crippen molar-refractivity contribution in [1.29, 1.82) is 0 Å². The molecule has 0 aliphatic heterocycles. The summed E-state index contributed by atoms with van der Waals surface area (Å²) in [5, 5.41) is 0. The molecule has 0 radical (unpaired) electrons. The van der Waals surface area contributed by atoms with Crippen LogP contribution in [0.1, 0.15) is 43.1 Å². The first-order valence-electron chi connectivity index (χ1n) is 5.96. The number of fused-ring (bicyclic) bond motifs is 1. The average Bonchev–Trinajstić information content (AvgIpc) is 2.39. The Hall–Kier alpha value is -1.68. The second-order valence-corrected chi connectivity index (χ2v) is 4.38. The van der Waals surface area contributed by atoms with E-state index in [4.69, 9.17) is 9.47 Å². The van der Waals surface area contributed by atoms with Crippen molar-refractivity contribution < 1.29 is 19.1 Å². The Labute approximate surface area is 106 Å². The molecule has 1 aromatic carbocycles. The number of carbonyl (C=O) groups excluding carboxylic acids is 2. The lowest BCUT2D eigenvalue weighted by Gasteiger charge is -2.30. The molecule has 1 aliphatic rings. The van der Waals surface area contributed by atoms with E-state index in [0.29, 0.717) is 6.42 Å². The predicted octanol–water partition coefficient (Wildman–Crippen LogP) is 2.34. The second kappa shape index (κ2) is 5.31. The molecule has 0 N–H and O–H groups in total. The lowest BCUT2D eigenvalue weighted by Crippen LogP contribution is -2.23. The third-order valence-electron chi connectivity index (χ3n) is 3.20. The summed E-state index contributed by atoms with van der Waals surface area (Å²) in [6.45, 7) is 1.22. The van der Waals surface area contributed by atoms with Crippen molar-refractivity contribution in [1.82, 2.24) is 0 Å². The molecule has 0 amide bonds. The molecule has 0 saturated carbocycles. The van der Waals surface area contributed by atoms with E-state index in [9.17, 15) is 9.59 Å². The Kier molecular flexibility index (Phi) is 3.77. The topological polar surface area (TPSA) is 52.6 Å². The fourth-order valence-corrected chi connectivity index (χ4v) is 2.29. The number of esters is 1. The Balaban J connectivity index is 2.25. The van der Waals surface area contributed by atoms with Crippen LogP contribution >= 0.6 is 0 Å². The minimum Gasteiger partial charge on any atom is -0.452 e. The standard InChI is InChI=1S/C14H16O4/c1-9(15)14(16)18-13-8-7-12(17-2)10-5-3-4-6-11(10)13/h3-6,12-13H,7-8H2,1-2H3. The highest BCUT2D eigenvalue weighted by atomic mass is 16.5. The molecule has 0 saturated heterocycles. The summed E-state index contributed by atoms with van der Waals surface area (Å²) in [6, 6.07) is 7.71. The largest absolute Gasteiger partial charge is 0.452 e. The third-order valence-corrected chi connectivity index (χ3v) is 3.20. The van der Waals surface area contributed by atoms with E-state index in [1.807, 2.05) is 24.3 Å². The molecule has 0 fully saturated rings. The monoisotopic (exact) mass is 248 g/mol. The van der Waals surface area contributed by atoms with E-state index in [2.05, 4.69) is 0 Å². The number of ketones is 1. The van der Waals surface area contributed by atoms with Crippen LogP contribution < -0.4 is 0 Å². The van der Waals surface area contributed by atoms with Gasteiger partial charge in [0.2, 0.25) is 5.78 Å². The molecule has 4 nitrogen and oxygen atoms in total. The molecule has 1 aromatic rings. The first kappa shape index (κ1) is 12.8. The molecule has 96 valence electrons. The highest BCUT2D eigenvalue weighted by molar-refractivity contribution is 6.32. The van der Waals surface area contributed by atoms with Gasteiger partial charge in [0.15, 0.2) is 0 Å². The Bertz CT molecular complexity index is 467. The number of carbonyl (C=O) groups is 2. The summed E-state index contributed by atoms with van der Waals surface area (Å²) in [5.74, 6) is -1.34. The summed E-state index contributed by atoms with van der Waals surface area (Å²) in [7, 11) is 1.67. The maximum atomic E-state index is 11.4. The maximum absolute atomic E-state index is 11.4. The zero-order valence-corrected chi connectivity index (χ0v) is 10.5. The van der Waals surface area contributed by atoms with E-state index < -0.39 is 11.8 Å². The maximum Gasteiger partial charge on any atom is 0.374 e. The van der Waals surface area contributed by atoms with E-state index in [-0.39, 0.29) is 12.2 Å². The first-order valence-corrected chi connectivity index (χ1v) is 5.96. The molecule has 1 aliphatic carbocycles. The number of hydrogen-bond donors (Lipinski definition) is 0. The van der Waals surface area contributed by atoms with Gasteiger partial charge in [-0.25, -0.2) is 4.79 Å². The van der Waals surface area contributed by atoms with Crippen LogP contribution in [-0.4, -0.2) is 18.9 Å². The van der Waals surface area contributed by atoms with Crippen LogP contribution in [0.25, 0.3) is 0 Å². The summed E-state index contributed by atoms with van der Waals surface area (Å²) in [6.07, 6.45) is 1.15. The second-order valence-electron chi connectivity index (χ2n) is 4.38. The number of benzene rings is 1. The van der Waals surface area contributed by atoms with Gasteiger partial charge >= 0.3 is 5.97 Å². The molecule has 2 atom stereocenters. The Morgan fingerprint density at radius 2 is 1.67 bits per heavy atom. The number of rotatable bonds is 3. The molecule has 2 rings (SSSR count). The summed E-state index contributed by atoms with van der Waals surface area (Å²) in [5.41, 5.74) is 1.97. The van der Waals surface area contributed by atoms with Gasteiger partial charge in [-0.2, -0.15) is 0 Å². The van der Waals surface area contributed by atoms with Gasteiger partial charge < -0.3 is 9.47 Å². The number of hydrogen-bond acceptors (Lipinski definition) is 4. The summed E-state index contributed by atoms with van der Waals surface area (Å²) >= 11 is 0. The summed E-state index contributed by atoms with van der Waals surface area (Å²) in [4.78, 5) is 22.3. The Morgan fingerprint density at radius 3 is 2.22 bits per heavy atom. The predicted molar refractivity (Wildman–Crippen MR) is 64.9 cm³/mol. The molecule has 2 unspecified atom stereocenters. The van der Waals surface area contributed by atoms with Gasteiger partial charge in [-0.1, -0.05) is 24.3 Å². The van der Waals surface area contributed by atoms with Crippen molar-refractivity contribution in [2.24, 2.45) is 0 Å². The van der Waals surface area contributed by atoms with Crippen molar-refractivity contribution in [2.75, 3.05) is 7.11 Å². The normalized spacial score (nSPS) is 22.1. The Morgan fingerprint density at radius 1 is 1.11 bits per heavy atom. The molecule has 0 aromatic heterocycles. The fraction of sp³-hybridized carbons (Fsp3) is 0.429. The van der Waals surface area contributed by atoms with Crippen LogP contribution in [-0.2, 0) is 19.1 Å². The minimum absolute atomic E-state index is 0.0356. The van der Waals surface area contributed by atoms with E-state index in [1.165, 1.54) is 6.92 Å². The molecule has 0 heterocycles. The van der Waals surface area contributed by atoms with E-state index in [1.54, 1.807) is 7.11 Å². The van der Waals surface area contributed by atoms with Gasteiger partial charge in [0.05, 0.1) is 6.10 Å². The third kappa shape index (κ3) is 2.43. The molecule has 4 heteroatoms. The average molecular weight is 248 g/mol. The van der Waals surface area contributed by atoms with Crippen LogP contribution in [0.2, 0.25) is 0 Å². The minimum atomic E-state index is -0.773.